The maximum absolute atomic E-state index is 14.0. The first-order valence-corrected chi connectivity index (χ1v) is 8.49. The Morgan fingerprint density at radius 1 is 1.17 bits per heavy atom. The van der Waals surface area contributed by atoms with Gasteiger partial charge >= 0.3 is 0 Å². The first-order valence-electron chi connectivity index (χ1n) is 7.96. The molecule has 5 heteroatoms. The molecule has 1 heterocycles. The SMILES string of the molecule is COc1cc2c(cc1OC)C(CCl)N(Cc1ccccc1F)CC2. The van der Waals surface area contributed by atoms with Gasteiger partial charge in [-0.15, -0.1) is 11.6 Å². The Labute approximate surface area is 146 Å². The van der Waals surface area contributed by atoms with Crippen molar-refractivity contribution in [3.8, 4) is 11.5 Å². The van der Waals surface area contributed by atoms with Crippen LogP contribution in [0.5, 0.6) is 11.5 Å². The highest BCUT2D eigenvalue weighted by Gasteiger charge is 2.29. The molecule has 0 aliphatic carbocycles. The first kappa shape index (κ1) is 17.1. The van der Waals surface area contributed by atoms with E-state index in [0.717, 1.165) is 24.3 Å². The summed E-state index contributed by atoms with van der Waals surface area (Å²) in [5.74, 6) is 1.69. The van der Waals surface area contributed by atoms with Crippen molar-refractivity contribution in [1.82, 2.24) is 4.90 Å². The molecule has 24 heavy (non-hydrogen) atoms. The maximum atomic E-state index is 14.0. The summed E-state index contributed by atoms with van der Waals surface area (Å²) in [6, 6.07) is 10.9. The number of fused-ring (bicyclic) bond motifs is 1. The molecule has 3 nitrogen and oxygen atoms in total. The average Bonchev–Trinajstić information content (AvgIpc) is 2.62. The lowest BCUT2D eigenvalue weighted by atomic mass is 9.92. The van der Waals surface area contributed by atoms with Gasteiger partial charge in [0.2, 0.25) is 0 Å². The number of ether oxygens (including phenoxy) is 2. The molecule has 0 N–H and O–H groups in total. The molecule has 0 aromatic heterocycles. The van der Waals surface area contributed by atoms with Gasteiger partial charge in [0.25, 0.3) is 0 Å². The van der Waals surface area contributed by atoms with Crippen LogP contribution in [0.4, 0.5) is 4.39 Å². The zero-order valence-corrected chi connectivity index (χ0v) is 14.6. The Kier molecular flexibility index (Phi) is 5.27. The summed E-state index contributed by atoms with van der Waals surface area (Å²) in [5.41, 5.74) is 3.03. The van der Waals surface area contributed by atoms with Crippen LogP contribution in [-0.2, 0) is 13.0 Å². The van der Waals surface area contributed by atoms with E-state index < -0.39 is 0 Å². The first-order chi connectivity index (χ1) is 11.7. The predicted molar refractivity (Wildman–Crippen MR) is 93.5 cm³/mol. The van der Waals surface area contributed by atoms with E-state index in [1.54, 1.807) is 20.3 Å². The highest BCUT2D eigenvalue weighted by Crippen LogP contribution is 2.39. The predicted octanol–water partition coefficient (Wildman–Crippen LogP) is 4.18. The van der Waals surface area contributed by atoms with Gasteiger partial charge in [0, 0.05) is 30.6 Å². The molecule has 128 valence electrons. The minimum Gasteiger partial charge on any atom is -0.493 e. The number of hydrogen-bond acceptors (Lipinski definition) is 3. The fourth-order valence-electron chi connectivity index (χ4n) is 3.30. The molecule has 0 amide bonds. The number of alkyl halides is 1. The fourth-order valence-corrected chi connectivity index (χ4v) is 3.66. The second-order valence-corrected chi connectivity index (χ2v) is 6.20. The third-order valence-electron chi connectivity index (χ3n) is 4.59. The Bertz CT molecular complexity index is 723. The molecule has 0 bridgehead atoms. The number of hydrogen-bond donors (Lipinski definition) is 0. The van der Waals surface area contributed by atoms with E-state index in [0.29, 0.717) is 23.7 Å². The molecule has 1 unspecified atom stereocenters. The molecule has 1 atom stereocenters. The highest BCUT2D eigenvalue weighted by atomic mass is 35.5. The summed E-state index contributed by atoms with van der Waals surface area (Å²) in [6.45, 7) is 1.37. The summed E-state index contributed by atoms with van der Waals surface area (Å²) >= 11 is 6.27. The largest absolute Gasteiger partial charge is 0.493 e. The molecule has 3 rings (SSSR count). The second kappa shape index (κ2) is 7.41. The van der Waals surface area contributed by atoms with E-state index >= 15 is 0 Å². The van der Waals surface area contributed by atoms with Gasteiger partial charge in [-0.05, 0) is 35.7 Å². The standard InChI is InChI=1S/C19H21ClFNO2/c1-23-18-9-13-7-8-22(12-14-5-3-4-6-16(14)21)17(11-20)15(13)10-19(18)24-2/h3-6,9-10,17H,7-8,11-12H2,1-2H3. The van der Waals surface area contributed by atoms with Crippen LogP contribution in [0.3, 0.4) is 0 Å². The van der Waals surface area contributed by atoms with Crippen molar-refractivity contribution < 1.29 is 13.9 Å². The van der Waals surface area contributed by atoms with Crippen LogP contribution >= 0.6 is 11.6 Å². The zero-order chi connectivity index (χ0) is 17.1. The average molecular weight is 350 g/mol. The number of benzene rings is 2. The van der Waals surface area contributed by atoms with Gasteiger partial charge in [0.15, 0.2) is 11.5 Å². The van der Waals surface area contributed by atoms with Crippen LogP contribution in [0.25, 0.3) is 0 Å². The zero-order valence-electron chi connectivity index (χ0n) is 13.9. The van der Waals surface area contributed by atoms with Gasteiger partial charge < -0.3 is 9.47 Å². The monoisotopic (exact) mass is 349 g/mol. The molecule has 0 fully saturated rings. The van der Waals surface area contributed by atoms with Crippen molar-refractivity contribution in [2.75, 3.05) is 26.6 Å². The molecule has 0 saturated heterocycles. The Balaban J connectivity index is 1.93. The molecule has 0 radical (unpaired) electrons. The Hall–Kier alpha value is -1.78. The molecular weight excluding hydrogens is 329 g/mol. The number of rotatable bonds is 5. The van der Waals surface area contributed by atoms with Gasteiger partial charge in [0.05, 0.1) is 14.2 Å². The normalized spacial score (nSPS) is 17.4. The molecule has 2 aromatic rings. The van der Waals surface area contributed by atoms with Gasteiger partial charge in [-0.1, -0.05) is 18.2 Å². The minimum absolute atomic E-state index is 0.0230. The van der Waals surface area contributed by atoms with Crippen LogP contribution in [0.15, 0.2) is 36.4 Å². The number of methoxy groups -OCH3 is 2. The quantitative estimate of drug-likeness (QED) is 0.756. The Morgan fingerprint density at radius 2 is 1.88 bits per heavy atom. The van der Waals surface area contributed by atoms with Crippen molar-refractivity contribution in [3.63, 3.8) is 0 Å². The summed E-state index contributed by atoms with van der Waals surface area (Å²) in [6.07, 6.45) is 0.873. The third kappa shape index (κ3) is 3.21. The van der Waals surface area contributed by atoms with Crippen LogP contribution in [0.2, 0.25) is 0 Å². The molecular formula is C19H21ClFNO2. The van der Waals surface area contributed by atoms with Crippen LogP contribution < -0.4 is 9.47 Å². The molecule has 0 spiro atoms. The van der Waals surface area contributed by atoms with E-state index in [2.05, 4.69) is 4.90 Å². The van der Waals surface area contributed by atoms with Crippen molar-refractivity contribution in [1.29, 1.82) is 0 Å². The number of nitrogens with zero attached hydrogens (tertiary/aromatic N) is 1. The second-order valence-electron chi connectivity index (χ2n) is 5.89. The van der Waals surface area contributed by atoms with Crippen molar-refractivity contribution in [3.05, 3.63) is 58.9 Å². The fraction of sp³-hybridized carbons (Fsp3) is 0.368. The summed E-state index contributed by atoms with van der Waals surface area (Å²) in [4.78, 5) is 2.22. The van der Waals surface area contributed by atoms with E-state index in [1.165, 1.54) is 11.6 Å². The lowest BCUT2D eigenvalue weighted by Crippen LogP contribution is -2.36. The summed E-state index contributed by atoms with van der Waals surface area (Å²) in [5, 5.41) is 0. The van der Waals surface area contributed by atoms with Crippen LogP contribution in [-0.4, -0.2) is 31.5 Å². The van der Waals surface area contributed by atoms with Gasteiger partial charge in [0.1, 0.15) is 5.82 Å². The summed E-state index contributed by atoms with van der Waals surface area (Å²) in [7, 11) is 3.26. The van der Waals surface area contributed by atoms with Crippen LogP contribution in [0.1, 0.15) is 22.7 Å². The maximum Gasteiger partial charge on any atom is 0.161 e. The minimum atomic E-state index is -0.177. The van der Waals surface area contributed by atoms with E-state index in [9.17, 15) is 4.39 Å². The highest BCUT2D eigenvalue weighted by molar-refractivity contribution is 6.18. The van der Waals surface area contributed by atoms with Crippen molar-refractivity contribution >= 4 is 11.6 Å². The van der Waals surface area contributed by atoms with Gasteiger partial charge in [-0.2, -0.15) is 0 Å². The third-order valence-corrected chi connectivity index (χ3v) is 4.88. The smallest absolute Gasteiger partial charge is 0.161 e. The van der Waals surface area contributed by atoms with Crippen molar-refractivity contribution in [2.24, 2.45) is 0 Å². The lowest BCUT2D eigenvalue weighted by Gasteiger charge is -2.37. The molecule has 2 aromatic carbocycles. The van der Waals surface area contributed by atoms with E-state index in [-0.39, 0.29) is 11.9 Å². The molecule has 1 aliphatic rings. The number of halogens is 2. The topological polar surface area (TPSA) is 21.7 Å². The molecule has 0 saturated carbocycles. The van der Waals surface area contributed by atoms with Crippen LogP contribution in [0, 0.1) is 5.82 Å². The van der Waals surface area contributed by atoms with Gasteiger partial charge in [-0.25, -0.2) is 4.39 Å². The van der Waals surface area contributed by atoms with E-state index in [4.69, 9.17) is 21.1 Å². The molecule has 1 aliphatic heterocycles. The Morgan fingerprint density at radius 3 is 2.54 bits per heavy atom. The lowest BCUT2D eigenvalue weighted by molar-refractivity contribution is 0.189. The van der Waals surface area contributed by atoms with E-state index in [1.807, 2.05) is 24.3 Å². The van der Waals surface area contributed by atoms with Gasteiger partial charge in [-0.3, -0.25) is 4.90 Å². The summed E-state index contributed by atoms with van der Waals surface area (Å²) < 4.78 is 24.8. The van der Waals surface area contributed by atoms with Crippen molar-refractivity contribution in [2.45, 2.75) is 19.0 Å².